The number of ether oxygens (including phenoxy) is 3. The predicted molar refractivity (Wildman–Crippen MR) is 118 cm³/mol. The van der Waals surface area contributed by atoms with Gasteiger partial charge in [-0.3, -0.25) is 5.10 Å². The molecular weight excluding hydrogens is 483 g/mol. The predicted octanol–water partition coefficient (Wildman–Crippen LogP) is 3.34. The lowest BCUT2D eigenvalue weighted by Gasteiger charge is -2.61. The Labute approximate surface area is 202 Å². The van der Waals surface area contributed by atoms with Gasteiger partial charge in [-0.15, -0.1) is 0 Å². The standard InChI is InChI=1S/C22H24F3N7O4/c1-34-8-11-2-14-20(26-13(19(24)25)7-32(14)31-11)27-16-3-12(29-30-16)18-17(23)15(9-35-18)36-21(33)28-22-4-10(5-22)6-22/h2-3,7,10,15,17-19H,4-6,8-9H2,1H3,(H,28,33)(H2,26,27,29,30)/t10?,15-,17-,18-,22?/m0/s1. The number of nitrogens with one attached hydrogen (secondary N) is 3. The van der Waals surface area contributed by atoms with Gasteiger partial charge < -0.3 is 24.8 Å². The Kier molecular flexibility index (Phi) is 5.52. The molecule has 7 rings (SSSR count). The second-order valence-corrected chi connectivity index (χ2v) is 9.57. The van der Waals surface area contributed by atoms with Crippen LogP contribution >= 0.6 is 0 Å². The van der Waals surface area contributed by atoms with E-state index in [9.17, 15) is 13.6 Å². The topological polar surface area (TPSA) is 128 Å². The molecule has 3 aliphatic carbocycles. The Balaban J connectivity index is 1.15. The van der Waals surface area contributed by atoms with Gasteiger partial charge in [-0.25, -0.2) is 27.5 Å². The number of methoxy groups -OCH3 is 1. The van der Waals surface area contributed by atoms with E-state index in [1.165, 1.54) is 17.7 Å². The van der Waals surface area contributed by atoms with Gasteiger partial charge in [0.2, 0.25) is 0 Å². The van der Waals surface area contributed by atoms with Gasteiger partial charge in [0.25, 0.3) is 6.43 Å². The largest absolute Gasteiger partial charge is 0.441 e. The molecule has 1 aliphatic heterocycles. The molecular formula is C22H24F3N7O4. The first-order chi connectivity index (χ1) is 17.3. The van der Waals surface area contributed by atoms with Crippen LogP contribution in [0.3, 0.4) is 0 Å². The average Bonchev–Trinajstić information content (AvgIpc) is 3.49. The van der Waals surface area contributed by atoms with E-state index in [1.807, 2.05) is 0 Å². The third-order valence-electron chi connectivity index (χ3n) is 6.94. The third-order valence-corrected chi connectivity index (χ3v) is 6.94. The normalized spacial score (nSPS) is 28.7. The maximum absolute atomic E-state index is 15.1. The third kappa shape index (κ3) is 4.03. The maximum atomic E-state index is 15.1. The van der Waals surface area contributed by atoms with Gasteiger partial charge in [0, 0.05) is 18.7 Å². The van der Waals surface area contributed by atoms with Crippen molar-refractivity contribution >= 4 is 23.2 Å². The Bertz CT molecular complexity index is 1280. The molecule has 1 saturated heterocycles. The molecule has 3 aromatic heterocycles. The number of aromatic amines is 1. The van der Waals surface area contributed by atoms with E-state index < -0.39 is 36.6 Å². The number of alkyl halides is 3. The average molecular weight is 507 g/mol. The number of hydrogen-bond acceptors (Lipinski definition) is 8. The number of H-pyrrole nitrogens is 1. The maximum Gasteiger partial charge on any atom is 0.408 e. The van der Waals surface area contributed by atoms with Gasteiger partial charge in [-0.1, -0.05) is 0 Å². The van der Waals surface area contributed by atoms with Crippen LogP contribution in [0.25, 0.3) is 5.52 Å². The van der Waals surface area contributed by atoms with Crippen LogP contribution in [0.15, 0.2) is 18.3 Å². The lowest BCUT2D eigenvalue weighted by atomic mass is 9.50. The highest BCUT2D eigenvalue weighted by atomic mass is 19.3. The molecule has 192 valence electrons. The van der Waals surface area contributed by atoms with Gasteiger partial charge >= 0.3 is 6.09 Å². The second-order valence-electron chi connectivity index (χ2n) is 9.57. The summed E-state index contributed by atoms with van der Waals surface area (Å²) in [4.78, 5) is 16.2. The van der Waals surface area contributed by atoms with E-state index in [-0.39, 0.29) is 30.4 Å². The summed E-state index contributed by atoms with van der Waals surface area (Å²) in [5, 5.41) is 16.7. The summed E-state index contributed by atoms with van der Waals surface area (Å²) in [7, 11) is 1.50. The summed E-state index contributed by atoms with van der Waals surface area (Å²) in [5.41, 5.74) is 0.607. The molecule has 4 fully saturated rings. The molecule has 4 aliphatic rings. The first-order valence-corrected chi connectivity index (χ1v) is 11.6. The van der Waals surface area contributed by atoms with E-state index in [4.69, 9.17) is 14.2 Å². The van der Waals surface area contributed by atoms with Crippen molar-refractivity contribution in [3.05, 3.63) is 35.4 Å². The zero-order valence-electron chi connectivity index (χ0n) is 19.2. The highest BCUT2D eigenvalue weighted by Crippen LogP contribution is 2.57. The molecule has 11 nitrogen and oxygen atoms in total. The molecule has 0 spiro atoms. The van der Waals surface area contributed by atoms with E-state index >= 15 is 4.39 Å². The lowest BCUT2D eigenvalue weighted by Crippen LogP contribution is -2.68. The van der Waals surface area contributed by atoms with Crippen LogP contribution in [0.1, 0.15) is 48.9 Å². The molecule has 1 amide bonds. The minimum atomic E-state index is -2.82. The zero-order valence-corrected chi connectivity index (χ0v) is 19.2. The molecule has 2 bridgehead atoms. The van der Waals surface area contributed by atoms with Crippen molar-refractivity contribution in [2.45, 2.75) is 56.2 Å². The van der Waals surface area contributed by atoms with Gasteiger partial charge in [0.15, 0.2) is 23.9 Å². The number of amides is 1. The number of hydrogen-bond donors (Lipinski definition) is 3. The highest BCUT2D eigenvalue weighted by Gasteiger charge is 2.58. The van der Waals surface area contributed by atoms with Crippen LogP contribution in [0.4, 0.5) is 29.6 Å². The molecule has 3 N–H and O–H groups in total. The van der Waals surface area contributed by atoms with Crippen LogP contribution < -0.4 is 10.6 Å². The smallest absolute Gasteiger partial charge is 0.408 e. The number of fused-ring (bicyclic) bond motifs is 1. The van der Waals surface area contributed by atoms with Crippen molar-refractivity contribution in [3.8, 4) is 0 Å². The van der Waals surface area contributed by atoms with Crippen LogP contribution in [0, 0.1) is 5.92 Å². The number of nitrogens with zero attached hydrogens (tertiary/aromatic N) is 4. The summed E-state index contributed by atoms with van der Waals surface area (Å²) >= 11 is 0. The number of carbonyl (C=O) groups excluding carboxylic acids is 1. The molecule has 0 radical (unpaired) electrons. The summed E-state index contributed by atoms with van der Waals surface area (Å²) in [6.45, 7) is 0.0880. The zero-order chi connectivity index (χ0) is 25.0. The van der Waals surface area contributed by atoms with Crippen LogP contribution in [-0.2, 0) is 20.8 Å². The quantitative estimate of drug-likeness (QED) is 0.424. The van der Waals surface area contributed by atoms with Crippen molar-refractivity contribution < 1.29 is 32.2 Å². The SMILES string of the molecule is COCc1cc2c(Nc3cc([C@@H]4OC[C@H](OC(=O)NC56CC(C5)C6)[C@@H]4F)[nH]n3)nc(C(F)F)cn2n1. The van der Waals surface area contributed by atoms with Crippen molar-refractivity contribution in [1.82, 2.24) is 30.1 Å². The van der Waals surface area contributed by atoms with E-state index in [0.29, 0.717) is 22.8 Å². The number of aromatic nitrogens is 5. The first kappa shape index (κ1) is 23.0. The minimum absolute atomic E-state index is 0.0938. The minimum Gasteiger partial charge on any atom is -0.441 e. The van der Waals surface area contributed by atoms with Gasteiger partial charge in [-0.2, -0.15) is 10.2 Å². The fourth-order valence-electron chi connectivity index (χ4n) is 5.10. The second kappa shape index (κ2) is 8.62. The van der Waals surface area contributed by atoms with Gasteiger partial charge in [-0.05, 0) is 31.2 Å². The Morgan fingerprint density at radius 1 is 1.36 bits per heavy atom. The molecule has 0 unspecified atom stereocenters. The van der Waals surface area contributed by atoms with Crippen molar-refractivity contribution in [2.24, 2.45) is 5.92 Å². The van der Waals surface area contributed by atoms with Gasteiger partial charge in [0.05, 0.1) is 30.8 Å². The number of carbonyl (C=O) groups is 1. The molecule has 14 heteroatoms. The lowest BCUT2D eigenvalue weighted by molar-refractivity contribution is -0.0528. The summed E-state index contributed by atoms with van der Waals surface area (Å²) in [6, 6.07) is 3.14. The summed E-state index contributed by atoms with van der Waals surface area (Å²) < 4.78 is 59.0. The first-order valence-electron chi connectivity index (χ1n) is 11.6. The number of alkyl carbamates (subject to hydrolysis) is 1. The highest BCUT2D eigenvalue weighted by molar-refractivity contribution is 5.72. The molecule has 3 atom stereocenters. The molecule has 0 aromatic carbocycles. The molecule has 3 saturated carbocycles. The van der Waals surface area contributed by atoms with Crippen LogP contribution in [0.2, 0.25) is 0 Å². The Morgan fingerprint density at radius 3 is 2.86 bits per heavy atom. The summed E-state index contributed by atoms with van der Waals surface area (Å²) in [5.74, 6) is 0.991. The van der Waals surface area contributed by atoms with Gasteiger partial charge in [0.1, 0.15) is 17.3 Å². The molecule has 3 aromatic rings. The van der Waals surface area contributed by atoms with Crippen LogP contribution in [-0.4, -0.2) is 62.4 Å². The summed E-state index contributed by atoms with van der Waals surface area (Å²) in [6.07, 6.45) is -3.18. The van der Waals surface area contributed by atoms with E-state index in [1.54, 1.807) is 6.07 Å². The van der Waals surface area contributed by atoms with Crippen LogP contribution in [0.5, 0.6) is 0 Å². The van der Waals surface area contributed by atoms with Crippen molar-refractivity contribution in [2.75, 3.05) is 19.0 Å². The number of halogens is 3. The van der Waals surface area contributed by atoms with Crippen molar-refractivity contribution in [1.29, 1.82) is 0 Å². The molecule has 4 heterocycles. The fraction of sp³-hybridized carbons (Fsp3) is 0.545. The Hall–Kier alpha value is -3.39. The molecule has 36 heavy (non-hydrogen) atoms. The number of rotatable bonds is 8. The van der Waals surface area contributed by atoms with E-state index in [2.05, 4.69) is 30.9 Å². The van der Waals surface area contributed by atoms with E-state index in [0.717, 1.165) is 25.5 Å². The Morgan fingerprint density at radius 2 is 2.17 bits per heavy atom. The number of anilines is 2. The fourth-order valence-corrected chi connectivity index (χ4v) is 5.10. The van der Waals surface area contributed by atoms with Crippen molar-refractivity contribution in [3.63, 3.8) is 0 Å². The monoisotopic (exact) mass is 507 g/mol.